The summed E-state index contributed by atoms with van der Waals surface area (Å²) in [6, 6.07) is 15.1. The molecule has 0 unspecified atom stereocenters. The summed E-state index contributed by atoms with van der Waals surface area (Å²) < 4.78 is 42.7. The SMILES string of the molecule is C[C@@H](OC(=O)/C=C/c1ccc2ccccc2n1)C(=O)Nc1ccc(C(F)(F)F)cc1. The number of halogens is 3. The Kier molecular flexibility index (Phi) is 6.15. The molecule has 8 heteroatoms. The van der Waals surface area contributed by atoms with Crippen molar-refractivity contribution in [2.45, 2.75) is 19.2 Å². The third-order valence-electron chi connectivity index (χ3n) is 4.15. The van der Waals surface area contributed by atoms with E-state index in [-0.39, 0.29) is 5.69 Å². The first kappa shape index (κ1) is 21.0. The van der Waals surface area contributed by atoms with Crippen molar-refractivity contribution in [2.24, 2.45) is 0 Å². The molecule has 0 saturated carbocycles. The van der Waals surface area contributed by atoms with Crippen molar-refractivity contribution in [3.8, 4) is 0 Å². The van der Waals surface area contributed by atoms with Crippen molar-refractivity contribution in [2.75, 3.05) is 5.32 Å². The molecular formula is C22H17F3N2O3. The Morgan fingerprint density at radius 2 is 1.73 bits per heavy atom. The molecule has 0 radical (unpaired) electrons. The van der Waals surface area contributed by atoms with Gasteiger partial charge in [0.2, 0.25) is 0 Å². The minimum absolute atomic E-state index is 0.159. The first-order valence-electron chi connectivity index (χ1n) is 8.95. The number of anilines is 1. The van der Waals surface area contributed by atoms with Crippen LogP contribution in [0.4, 0.5) is 18.9 Å². The number of hydrogen-bond acceptors (Lipinski definition) is 4. The molecule has 0 aliphatic carbocycles. The Morgan fingerprint density at radius 1 is 1.03 bits per heavy atom. The Morgan fingerprint density at radius 3 is 2.43 bits per heavy atom. The molecule has 5 nitrogen and oxygen atoms in total. The molecule has 0 aliphatic rings. The van der Waals surface area contributed by atoms with E-state index < -0.39 is 29.7 Å². The molecule has 1 aromatic heterocycles. The van der Waals surface area contributed by atoms with Gasteiger partial charge in [0.15, 0.2) is 6.10 Å². The number of ether oxygens (including phenoxy) is 1. The van der Waals surface area contributed by atoms with Gasteiger partial charge in [-0.2, -0.15) is 13.2 Å². The summed E-state index contributed by atoms with van der Waals surface area (Å²) in [7, 11) is 0. The highest BCUT2D eigenvalue weighted by Crippen LogP contribution is 2.29. The molecule has 0 saturated heterocycles. The van der Waals surface area contributed by atoms with E-state index in [4.69, 9.17) is 4.74 Å². The second-order valence-electron chi connectivity index (χ2n) is 6.41. The molecule has 1 N–H and O–H groups in total. The fourth-order valence-electron chi connectivity index (χ4n) is 2.58. The molecule has 30 heavy (non-hydrogen) atoms. The normalized spacial score (nSPS) is 12.7. The summed E-state index contributed by atoms with van der Waals surface area (Å²) >= 11 is 0. The molecule has 2 aromatic carbocycles. The van der Waals surface area contributed by atoms with Crippen molar-refractivity contribution < 1.29 is 27.5 Å². The lowest BCUT2D eigenvalue weighted by Gasteiger charge is -2.13. The number of benzene rings is 2. The summed E-state index contributed by atoms with van der Waals surface area (Å²) in [5.74, 6) is -1.42. The van der Waals surface area contributed by atoms with E-state index in [1.807, 2.05) is 30.3 Å². The fourth-order valence-corrected chi connectivity index (χ4v) is 2.58. The minimum Gasteiger partial charge on any atom is -0.449 e. The standard InChI is InChI=1S/C22H17F3N2O3/c1-14(21(29)27-18-10-7-16(8-11-18)22(23,24)25)30-20(28)13-12-17-9-6-15-4-2-3-5-19(15)26-17/h2-14H,1H3,(H,27,29)/b13-12+/t14-/m1/s1. The molecule has 1 amide bonds. The zero-order chi connectivity index (χ0) is 21.7. The van der Waals surface area contributed by atoms with Gasteiger partial charge in [-0.05, 0) is 49.4 Å². The molecule has 1 heterocycles. The van der Waals surface area contributed by atoms with E-state index in [9.17, 15) is 22.8 Å². The number of fused-ring (bicyclic) bond motifs is 1. The van der Waals surface area contributed by atoms with Crippen LogP contribution in [0.15, 0.2) is 66.7 Å². The number of carbonyl (C=O) groups is 2. The highest BCUT2D eigenvalue weighted by Gasteiger charge is 2.30. The van der Waals surface area contributed by atoms with Crippen molar-refractivity contribution in [1.29, 1.82) is 0 Å². The average molecular weight is 414 g/mol. The number of nitrogens with zero attached hydrogens (tertiary/aromatic N) is 1. The van der Waals surface area contributed by atoms with Crippen molar-refractivity contribution in [1.82, 2.24) is 4.98 Å². The Balaban J connectivity index is 1.56. The first-order valence-corrected chi connectivity index (χ1v) is 8.95. The second-order valence-corrected chi connectivity index (χ2v) is 6.41. The third-order valence-corrected chi connectivity index (χ3v) is 4.15. The van der Waals surface area contributed by atoms with Gasteiger partial charge in [-0.3, -0.25) is 4.79 Å². The van der Waals surface area contributed by atoms with E-state index in [1.165, 1.54) is 13.0 Å². The van der Waals surface area contributed by atoms with Crippen LogP contribution >= 0.6 is 0 Å². The molecule has 1 atom stereocenters. The Bertz CT molecular complexity index is 1090. The number of nitrogens with one attached hydrogen (secondary N) is 1. The smallest absolute Gasteiger partial charge is 0.416 e. The number of carbonyl (C=O) groups excluding carboxylic acids is 2. The van der Waals surface area contributed by atoms with Crippen LogP contribution in [-0.2, 0) is 20.5 Å². The average Bonchev–Trinajstić information content (AvgIpc) is 2.71. The number of amides is 1. The third kappa shape index (κ3) is 5.44. The Hall–Kier alpha value is -3.68. The molecule has 3 rings (SSSR count). The fraction of sp³-hybridized carbons (Fsp3) is 0.136. The van der Waals surface area contributed by atoms with Gasteiger partial charge in [0.05, 0.1) is 16.8 Å². The van der Waals surface area contributed by atoms with Gasteiger partial charge in [0, 0.05) is 17.1 Å². The van der Waals surface area contributed by atoms with Gasteiger partial charge >= 0.3 is 12.1 Å². The maximum Gasteiger partial charge on any atom is 0.416 e. The van der Waals surface area contributed by atoms with Crippen LogP contribution in [0.1, 0.15) is 18.2 Å². The number of pyridine rings is 1. The van der Waals surface area contributed by atoms with Gasteiger partial charge in [0.1, 0.15) is 0 Å². The molecule has 0 fully saturated rings. The van der Waals surface area contributed by atoms with Crippen LogP contribution in [0.2, 0.25) is 0 Å². The van der Waals surface area contributed by atoms with E-state index in [2.05, 4.69) is 10.3 Å². The van der Waals surface area contributed by atoms with Gasteiger partial charge in [-0.25, -0.2) is 9.78 Å². The number of hydrogen-bond donors (Lipinski definition) is 1. The number of rotatable bonds is 5. The minimum atomic E-state index is -4.46. The topological polar surface area (TPSA) is 68.3 Å². The summed E-state index contributed by atoms with van der Waals surface area (Å²) in [5.41, 5.74) is 0.657. The van der Waals surface area contributed by atoms with E-state index in [0.717, 1.165) is 41.2 Å². The molecule has 0 bridgehead atoms. The monoisotopic (exact) mass is 414 g/mol. The maximum absolute atomic E-state index is 12.6. The predicted molar refractivity (Wildman–Crippen MR) is 106 cm³/mol. The lowest BCUT2D eigenvalue weighted by molar-refractivity contribution is -0.148. The van der Waals surface area contributed by atoms with Crippen molar-refractivity contribution in [3.05, 3.63) is 78.0 Å². The van der Waals surface area contributed by atoms with E-state index >= 15 is 0 Å². The maximum atomic E-state index is 12.6. The summed E-state index contributed by atoms with van der Waals surface area (Å²) in [4.78, 5) is 28.5. The van der Waals surface area contributed by atoms with Gasteiger partial charge in [-0.1, -0.05) is 24.3 Å². The lowest BCUT2D eigenvalue weighted by Crippen LogP contribution is -2.29. The number of para-hydroxylation sites is 1. The summed E-state index contributed by atoms with van der Waals surface area (Å²) in [6.45, 7) is 1.36. The van der Waals surface area contributed by atoms with Gasteiger partial charge in [-0.15, -0.1) is 0 Å². The second kappa shape index (κ2) is 8.77. The molecule has 0 aliphatic heterocycles. The molecular weight excluding hydrogens is 397 g/mol. The Labute approximate surface area is 170 Å². The van der Waals surface area contributed by atoms with Crippen LogP contribution in [0.25, 0.3) is 17.0 Å². The molecule has 0 spiro atoms. The summed E-state index contributed by atoms with van der Waals surface area (Å²) in [6.07, 6.45) is -2.99. The van der Waals surface area contributed by atoms with E-state index in [0.29, 0.717) is 5.69 Å². The highest BCUT2D eigenvalue weighted by atomic mass is 19.4. The lowest BCUT2D eigenvalue weighted by atomic mass is 10.2. The van der Waals surface area contributed by atoms with Crippen molar-refractivity contribution in [3.63, 3.8) is 0 Å². The number of alkyl halides is 3. The summed E-state index contributed by atoms with van der Waals surface area (Å²) in [5, 5.41) is 3.36. The number of esters is 1. The van der Waals surface area contributed by atoms with Crippen LogP contribution in [0.5, 0.6) is 0 Å². The van der Waals surface area contributed by atoms with Crippen LogP contribution < -0.4 is 5.32 Å². The van der Waals surface area contributed by atoms with E-state index in [1.54, 1.807) is 6.07 Å². The number of aromatic nitrogens is 1. The van der Waals surface area contributed by atoms with Gasteiger partial charge in [0.25, 0.3) is 5.91 Å². The predicted octanol–water partition coefficient (Wildman–Crippen LogP) is 4.84. The quantitative estimate of drug-likeness (QED) is 0.479. The zero-order valence-electron chi connectivity index (χ0n) is 15.8. The largest absolute Gasteiger partial charge is 0.449 e. The zero-order valence-corrected chi connectivity index (χ0v) is 15.8. The highest BCUT2D eigenvalue weighted by molar-refractivity contribution is 5.96. The van der Waals surface area contributed by atoms with Crippen LogP contribution in [0.3, 0.4) is 0 Å². The van der Waals surface area contributed by atoms with Gasteiger partial charge < -0.3 is 10.1 Å². The van der Waals surface area contributed by atoms with Crippen LogP contribution in [0, 0.1) is 0 Å². The molecule has 154 valence electrons. The molecule has 3 aromatic rings. The first-order chi connectivity index (χ1) is 14.2. The van der Waals surface area contributed by atoms with Crippen molar-refractivity contribution >= 4 is 34.5 Å². The van der Waals surface area contributed by atoms with Crippen LogP contribution in [-0.4, -0.2) is 23.0 Å².